The molecule has 6 heteroatoms. The molecule has 2 rings (SSSR count). The van der Waals surface area contributed by atoms with Gasteiger partial charge in [0.05, 0.1) is 5.56 Å². The molecule has 1 heterocycles. The summed E-state index contributed by atoms with van der Waals surface area (Å²) in [5.74, 6) is 0. The van der Waals surface area contributed by atoms with Crippen molar-refractivity contribution in [3.63, 3.8) is 0 Å². The highest BCUT2D eigenvalue weighted by atomic mass is 32.2. The zero-order valence-corrected chi connectivity index (χ0v) is 11.5. The molecule has 0 fully saturated rings. The Balaban J connectivity index is 2.23. The number of alkyl halides is 3. The minimum atomic E-state index is -4.36. The summed E-state index contributed by atoms with van der Waals surface area (Å²) in [4.78, 5) is 4.74. The molecule has 0 unspecified atom stereocenters. The van der Waals surface area contributed by atoms with Crippen LogP contribution in [0.2, 0.25) is 0 Å². The van der Waals surface area contributed by atoms with Crippen LogP contribution in [0.25, 0.3) is 0 Å². The van der Waals surface area contributed by atoms with Crippen LogP contribution in [0.15, 0.2) is 52.5 Å². The van der Waals surface area contributed by atoms with E-state index in [0.29, 0.717) is 5.03 Å². The van der Waals surface area contributed by atoms with E-state index in [9.17, 15) is 13.2 Å². The van der Waals surface area contributed by atoms with E-state index < -0.39 is 11.7 Å². The molecule has 0 aliphatic rings. The van der Waals surface area contributed by atoms with Crippen LogP contribution >= 0.6 is 11.8 Å². The second-order valence-corrected chi connectivity index (χ2v) is 5.37. The molecule has 0 saturated carbocycles. The van der Waals surface area contributed by atoms with Gasteiger partial charge in [0.25, 0.3) is 0 Å². The van der Waals surface area contributed by atoms with E-state index in [1.807, 2.05) is 31.2 Å². The molecule has 1 aromatic carbocycles. The van der Waals surface area contributed by atoms with Crippen molar-refractivity contribution in [1.82, 2.24) is 4.98 Å². The third-order valence-corrected chi connectivity index (χ3v) is 3.73. The maximum absolute atomic E-state index is 12.5. The maximum Gasteiger partial charge on any atom is 0.417 e. The lowest BCUT2D eigenvalue weighted by Gasteiger charge is -2.12. The third kappa shape index (κ3) is 3.52. The van der Waals surface area contributed by atoms with Crippen LogP contribution in [0.5, 0.6) is 0 Å². The molecule has 0 aliphatic heterocycles. The second kappa shape index (κ2) is 5.85. The lowest BCUT2D eigenvalue weighted by molar-refractivity contribution is -0.137. The first-order chi connectivity index (χ1) is 9.38. The van der Waals surface area contributed by atoms with Crippen molar-refractivity contribution in [1.29, 1.82) is 0 Å². The molecule has 20 heavy (non-hydrogen) atoms. The Bertz CT molecular complexity index is 580. The fourth-order valence-electron chi connectivity index (χ4n) is 1.67. The summed E-state index contributed by atoms with van der Waals surface area (Å²) in [5, 5.41) is 0.506. The molecular weight excluding hydrogens is 285 g/mol. The van der Waals surface area contributed by atoms with Gasteiger partial charge in [-0.2, -0.15) is 13.2 Å². The minimum absolute atomic E-state index is 0.145. The molecule has 2 N–H and O–H groups in total. The lowest BCUT2D eigenvalue weighted by Crippen LogP contribution is -2.06. The summed E-state index contributed by atoms with van der Waals surface area (Å²) < 4.78 is 37.4. The number of rotatable bonds is 3. The molecule has 2 nitrogen and oxygen atoms in total. The van der Waals surface area contributed by atoms with Gasteiger partial charge in [0.2, 0.25) is 0 Å². The molecule has 0 saturated heterocycles. The fourth-order valence-corrected chi connectivity index (χ4v) is 2.66. The van der Waals surface area contributed by atoms with Crippen molar-refractivity contribution in [3.8, 4) is 0 Å². The minimum Gasteiger partial charge on any atom is -0.324 e. The van der Waals surface area contributed by atoms with Crippen LogP contribution in [0.3, 0.4) is 0 Å². The topological polar surface area (TPSA) is 38.9 Å². The average Bonchev–Trinajstić information content (AvgIpc) is 2.38. The molecular formula is C14H13F3N2S. The number of halogens is 3. The average molecular weight is 298 g/mol. The van der Waals surface area contributed by atoms with Gasteiger partial charge < -0.3 is 5.73 Å². The molecule has 0 bridgehead atoms. The summed E-state index contributed by atoms with van der Waals surface area (Å²) in [6.45, 7) is 1.86. The third-order valence-electron chi connectivity index (χ3n) is 2.69. The summed E-state index contributed by atoms with van der Waals surface area (Å²) in [5.41, 5.74) is 6.06. The normalized spacial score (nSPS) is 13.2. The van der Waals surface area contributed by atoms with Crippen molar-refractivity contribution in [2.75, 3.05) is 0 Å². The number of hydrogen-bond acceptors (Lipinski definition) is 3. The van der Waals surface area contributed by atoms with Crippen LogP contribution in [0.4, 0.5) is 13.2 Å². The van der Waals surface area contributed by atoms with Crippen LogP contribution in [0, 0.1) is 0 Å². The Labute approximate surface area is 119 Å². The maximum atomic E-state index is 12.5. The predicted octanol–water partition coefficient (Wildman–Crippen LogP) is 4.27. The van der Waals surface area contributed by atoms with Crippen LogP contribution in [-0.2, 0) is 6.18 Å². The smallest absolute Gasteiger partial charge is 0.324 e. The van der Waals surface area contributed by atoms with Gasteiger partial charge in [0.15, 0.2) is 0 Å². The summed E-state index contributed by atoms with van der Waals surface area (Å²) >= 11 is 1.30. The highest BCUT2D eigenvalue weighted by Crippen LogP contribution is 2.33. The van der Waals surface area contributed by atoms with Gasteiger partial charge in [0, 0.05) is 17.1 Å². The Morgan fingerprint density at radius 2 is 1.85 bits per heavy atom. The van der Waals surface area contributed by atoms with Gasteiger partial charge in [-0.15, -0.1) is 0 Å². The Hall–Kier alpha value is -1.53. The van der Waals surface area contributed by atoms with E-state index in [1.165, 1.54) is 17.8 Å². The predicted molar refractivity (Wildman–Crippen MR) is 72.4 cm³/mol. The Kier molecular flexibility index (Phi) is 4.35. The van der Waals surface area contributed by atoms with E-state index in [2.05, 4.69) is 4.98 Å². The summed E-state index contributed by atoms with van der Waals surface area (Å²) in [6, 6.07) is 9.77. The summed E-state index contributed by atoms with van der Waals surface area (Å²) in [7, 11) is 0. The van der Waals surface area contributed by atoms with Gasteiger partial charge in [-0.25, -0.2) is 4.98 Å². The molecule has 106 valence electrons. The van der Waals surface area contributed by atoms with Gasteiger partial charge in [-0.05, 0) is 30.7 Å². The Morgan fingerprint density at radius 1 is 1.15 bits per heavy atom. The number of nitrogens with two attached hydrogens (primary N) is 1. The van der Waals surface area contributed by atoms with Gasteiger partial charge >= 0.3 is 6.18 Å². The highest BCUT2D eigenvalue weighted by Gasteiger charge is 2.30. The molecule has 0 aliphatic carbocycles. The number of nitrogens with zero attached hydrogens (tertiary/aromatic N) is 1. The molecule has 1 aromatic heterocycles. The van der Waals surface area contributed by atoms with E-state index >= 15 is 0 Å². The molecule has 0 amide bonds. The summed E-state index contributed by atoms with van der Waals surface area (Å²) in [6.07, 6.45) is -3.52. The Morgan fingerprint density at radius 3 is 2.40 bits per heavy atom. The first kappa shape index (κ1) is 14.9. The second-order valence-electron chi connectivity index (χ2n) is 4.31. The van der Waals surface area contributed by atoms with Gasteiger partial charge in [-0.3, -0.25) is 0 Å². The van der Waals surface area contributed by atoms with Gasteiger partial charge in [0.1, 0.15) is 5.03 Å². The molecule has 0 spiro atoms. The monoisotopic (exact) mass is 298 g/mol. The molecule has 0 radical (unpaired) electrons. The van der Waals surface area contributed by atoms with Crippen LogP contribution in [0.1, 0.15) is 24.1 Å². The van der Waals surface area contributed by atoms with Crippen LogP contribution < -0.4 is 5.73 Å². The molecule has 1 atom stereocenters. The number of pyridine rings is 1. The van der Waals surface area contributed by atoms with Crippen molar-refractivity contribution in [2.45, 2.75) is 29.1 Å². The van der Waals surface area contributed by atoms with E-state index in [1.54, 1.807) is 0 Å². The highest BCUT2D eigenvalue weighted by molar-refractivity contribution is 7.99. The zero-order chi connectivity index (χ0) is 14.8. The zero-order valence-electron chi connectivity index (χ0n) is 10.7. The number of benzene rings is 1. The van der Waals surface area contributed by atoms with Crippen LogP contribution in [-0.4, -0.2) is 4.98 Å². The SMILES string of the molecule is C[C@@H](N)c1ccccc1Sc1ccc(C(F)(F)F)cn1. The molecule has 2 aromatic rings. The quantitative estimate of drug-likeness (QED) is 0.919. The number of hydrogen-bond donors (Lipinski definition) is 1. The van der Waals surface area contributed by atoms with Crippen molar-refractivity contribution < 1.29 is 13.2 Å². The van der Waals surface area contributed by atoms with Gasteiger partial charge in [-0.1, -0.05) is 30.0 Å². The van der Waals surface area contributed by atoms with Crippen molar-refractivity contribution >= 4 is 11.8 Å². The first-order valence-corrected chi connectivity index (χ1v) is 6.75. The van der Waals surface area contributed by atoms with Crippen molar-refractivity contribution in [2.24, 2.45) is 5.73 Å². The largest absolute Gasteiger partial charge is 0.417 e. The fraction of sp³-hybridized carbons (Fsp3) is 0.214. The van der Waals surface area contributed by atoms with Crippen molar-refractivity contribution in [3.05, 3.63) is 53.7 Å². The number of aromatic nitrogens is 1. The first-order valence-electron chi connectivity index (χ1n) is 5.93. The van der Waals surface area contributed by atoms with E-state index in [4.69, 9.17) is 5.73 Å². The van der Waals surface area contributed by atoms with E-state index in [-0.39, 0.29) is 6.04 Å². The van der Waals surface area contributed by atoms with E-state index in [0.717, 1.165) is 22.7 Å². The standard InChI is InChI=1S/C14H13F3N2S/c1-9(18)11-4-2-3-5-12(11)20-13-7-6-10(8-19-13)14(15,16)17/h2-9H,18H2,1H3/t9-/m1/s1. The lowest BCUT2D eigenvalue weighted by atomic mass is 10.1.